The highest BCUT2D eigenvalue weighted by atomic mass is 15.2. The first-order valence-corrected chi connectivity index (χ1v) is 20.7. The van der Waals surface area contributed by atoms with Crippen molar-refractivity contribution in [2.75, 3.05) is 0 Å². The molecule has 48 radical (unpaired) electrons. The summed E-state index contributed by atoms with van der Waals surface area (Å²) in [4.78, 5) is 14.6. The van der Waals surface area contributed by atoms with Crippen LogP contribution in [0.1, 0.15) is 25.0 Å². The number of aromatic nitrogens is 4. The molecular formula is C42H6B24N4. The molecule has 0 bridgehead atoms. The van der Waals surface area contributed by atoms with Gasteiger partial charge in [0.25, 0.3) is 0 Å². The minimum atomic E-state index is -1.06. The van der Waals surface area contributed by atoms with Crippen LogP contribution in [0.5, 0.6) is 0 Å². The standard InChI is InChI=1S/C42H6B24N4/c1-42(2)11-4(14(44)26(56)32(62)24(11)54)3-12(42)25(55)37-7(13(3)43)8-19(49)29(59)35(65)36(66)38(8)70(37)41-68-39(67-40(69-41)10-22(52)30(60)34(64)31(61)23(10)53)9-20(50)15(45)5(16(46)21(9)51)6-17(47)27(57)33(63)28(58)18(6)48/h1-2H3. The number of hydrogen-bond donors (Lipinski definition) is 0. The van der Waals surface area contributed by atoms with E-state index in [4.69, 9.17) is 203 Å². The minimum Gasteiger partial charge on any atom is -0.279 e. The molecule has 2 aromatic heterocycles. The van der Waals surface area contributed by atoms with Gasteiger partial charge in [0, 0.05) is 33.0 Å². The van der Waals surface area contributed by atoms with Crippen molar-refractivity contribution in [3.8, 4) is 51.0 Å². The predicted molar refractivity (Wildman–Crippen MR) is 317 cm³/mol. The van der Waals surface area contributed by atoms with Gasteiger partial charge in [0.2, 0.25) is 5.95 Å². The number of rotatable bonds is 4. The summed E-state index contributed by atoms with van der Waals surface area (Å²) >= 11 is 0. The van der Waals surface area contributed by atoms with E-state index in [2.05, 4.69) is 0 Å². The van der Waals surface area contributed by atoms with E-state index in [1.54, 1.807) is 0 Å². The van der Waals surface area contributed by atoms with Gasteiger partial charge in [-0.1, -0.05) is 90.3 Å². The highest BCUT2D eigenvalue weighted by molar-refractivity contribution is 6.73. The Morgan fingerprint density at radius 2 is 0.529 bits per heavy atom. The molecule has 1 aliphatic rings. The Hall–Kier alpha value is -4.31. The molecule has 6 aromatic carbocycles. The lowest BCUT2D eigenvalue weighted by Crippen LogP contribution is -2.57. The summed E-state index contributed by atoms with van der Waals surface area (Å²) in [5.74, 6) is -0.873. The van der Waals surface area contributed by atoms with Gasteiger partial charge in [-0.3, -0.25) is 4.57 Å². The maximum absolute atomic E-state index is 7.42. The lowest BCUT2D eigenvalue weighted by molar-refractivity contribution is 0.670. The van der Waals surface area contributed by atoms with Crippen molar-refractivity contribution in [2.45, 2.75) is 19.3 Å². The zero-order valence-corrected chi connectivity index (χ0v) is 37.6. The zero-order valence-electron chi connectivity index (χ0n) is 37.6. The second-order valence-electron chi connectivity index (χ2n) is 17.6. The fourth-order valence-corrected chi connectivity index (χ4v) is 9.88. The molecule has 0 saturated heterocycles. The summed E-state index contributed by atoms with van der Waals surface area (Å²) in [6.07, 6.45) is 0. The van der Waals surface area contributed by atoms with Crippen molar-refractivity contribution >= 4 is 341 Å². The Morgan fingerprint density at radius 1 is 0.257 bits per heavy atom. The molecule has 0 atom stereocenters. The van der Waals surface area contributed by atoms with Crippen LogP contribution in [-0.4, -0.2) is 208 Å². The van der Waals surface area contributed by atoms with Crippen molar-refractivity contribution < 1.29 is 0 Å². The van der Waals surface area contributed by atoms with E-state index in [-0.39, 0.29) is 193 Å². The van der Waals surface area contributed by atoms with Crippen LogP contribution in [-0.2, 0) is 5.41 Å². The lowest BCUT2D eigenvalue weighted by Gasteiger charge is -2.28. The third-order valence-electron chi connectivity index (χ3n) is 13.6. The first-order valence-electron chi connectivity index (χ1n) is 20.7. The van der Waals surface area contributed by atoms with Crippen LogP contribution in [0, 0.1) is 0 Å². The first-order chi connectivity index (χ1) is 32.5. The fourth-order valence-electron chi connectivity index (χ4n) is 9.88. The monoisotopic (exact) mass is 830 g/mol. The van der Waals surface area contributed by atoms with Gasteiger partial charge in [-0.2, -0.15) is 9.97 Å². The van der Waals surface area contributed by atoms with Crippen LogP contribution in [0.3, 0.4) is 0 Å². The quantitative estimate of drug-likeness (QED) is 0.166. The lowest BCUT2D eigenvalue weighted by atomic mass is 9.56. The topological polar surface area (TPSA) is 43.6 Å². The van der Waals surface area contributed by atoms with Crippen LogP contribution in [0.25, 0.3) is 72.8 Å². The van der Waals surface area contributed by atoms with Crippen LogP contribution >= 0.6 is 0 Å². The first kappa shape index (κ1) is 50.6. The van der Waals surface area contributed by atoms with E-state index < -0.39 is 5.41 Å². The molecular weight excluding hydrogens is 820 g/mol. The molecule has 0 saturated carbocycles. The Labute approximate surface area is 439 Å². The van der Waals surface area contributed by atoms with E-state index in [1.807, 2.05) is 13.8 Å². The molecule has 0 spiro atoms. The fraction of sp³-hybridized carbons (Fsp3) is 0.0714. The van der Waals surface area contributed by atoms with E-state index in [0.717, 1.165) is 0 Å². The smallest absolute Gasteiger partial charge is 0.238 e. The summed E-state index contributed by atoms with van der Waals surface area (Å²) in [5, 5.41) is 0.377. The van der Waals surface area contributed by atoms with Crippen molar-refractivity contribution in [1.82, 2.24) is 19.5 Å². The Balaban J connectivity index is 1.50. The van der Waals surface area contributed by atoms with Gasteiger partial charge in [-0.15, -0.1) is 54.6 Å². The number of benzene rings is 6. The molecule has 4 nitrogen and oxygen atoms in total. The molecule has 266 valence electrons. The molecule has 0 unspecified atom stereocenters. The summed E-state index contributed by atoms with van der Waals surface area (Å²) in [6.45, 7) is 3.71. The van der Waals surface area contributed by atoms with Gasteiger partial charge >= 0.3 is 0 Å². The third kappa shape index (κ3) is 6.54. The van der Waals surface area contributed by atoms with Gasteiger partial charge in [0.15, 0.2) is 11.6 Å². The minimum absolute atomic E-state index is 0.00399. The van der Waals surface area contributed by atoms with Gasteiger partial charge in [0.05, 0.1) is 0 Å². The number of nitrogens with zero attached hydrogens (tertiary/aromatic N) is 4. The number of hydrogen-bond acceptors (Lipinski definition) is 3. The molecule has 2 heterocycles. The van der Waals surface area contributed by atoms with Crippen LogP contribution in [0.15, 0.2) is 0 Å². The van der Waals surface area contributed by atoms with Gasteiger partial charge in [-0.05, 0) is 38.8 Å². The van der Waals surface area contributed by atoms with Gasteiger partial charge < -0.3 is 0 Å². The van der Waals surface area contributed by atoms with Crippen molar-refractivity contribution in [1.29, 1.82) is 0 Å². The second kappa shape index (κ2) is 16.9. The molecule has 70 heavy (non-hydrogen) atoms. The predicted octanol–water partition coefficient (Wildman–Crippen LogP) is -18.7. The van der Waals surface area contributed by atoms with Crippen LogP contribution < -0.4 is 131 Å². The van der Waals surface area contributed by atoms with Crippen LogP contribution in [0.2, 0.25) is 0 Å². The molecule has 1 aliphatic carbocycles. The molecule has 8 aromatic rings. The van der Waals surface area contributed by atoms with E-state index in [0.29, 0.717) is 22.3 Å². The Bertz CT molecular complexity index is 3720. The van der Waals surface area contributed by atoms with Crippen molar-refractivity contribution in [3.05, 3.63) is 11.1 Å². The molecule has 9 rings (SSSR count). The third-order valence-corrected chi connectivity index (χ3v) is 13.6. The van der Waals surface area contributed by atoms with Crippen molar-refractivity contribution in [2.24, 2.45) is 0 Å². The summed E-state index contributed by atoms with van der Waals surface area (Å²) < 4.78 is 1.44. The SMILES string of the molecule is [B]c1c([B])c([B])c(-c2nc(-c3c([B])c([B])c(-c4c([B])c([B])c([B])c([B])c4[B])c([B])c3[B])nc(-n3c4c([B])c([B])c([B])c([B])c4c4c([B])c5c(c([B])c43)C(C)(C)c3c([B])c([B])c([B])c([B])c3-5)n2)c([B])c1[B]. The summed E-state index contributed by atoms with van der Waals surface area (Å²) in [5.41, 5.74) is -1.30. The maximum Gasteiger partial charge on any atom is 0.238 e. The van der Waals surface area contributed by atoms with Crippen LogP contribution in [0.4, 0.5) is 0 Å². The number of fused-ring (bicyclic) bond motifs is 6. The van der Waals surface area contributed by atoms with E-state index in [1.165, 1.54) is 4.57 Å². The average molecular weight is 826 g/mol. The highest BCUT2D eigenvalue weighted by Crippen LogP contribution is 2.46. The van der Waals surface area contributed by atoms with Crippen molar-refractivity contribution in [3.63, 3.8) is 0 Å². The van der Waals surface area contributed by atoms with E-state index in [9.17, 15) is 0 Å². The van der Waals surface area contributed by atoms with E-state index >= 15 is 0 Å². The average Bonchev–Trinajstić information content (AvgIpc) is 3.82. The maximum atomic E-state index is 7.42. The van der Waals surface area contributed by atoms with Gasteiger partial charge in [-0.25, -0.2) is 4.98 Å². The summed E-state index contributed by atoms with van der Waals surface area (Å²) in [6, 6.07) is 0. The molecule has 0 amide bonds. The molecule has 0 N–H and O–H groups in total. The molecule has 0 fully saturated rings. The Morgan fingerprint density at radius 3 is 0.971 bits per heavy atom. The zero-order chi connectivity index (χ0) is 51.7. The normalized spacial score (nSPS) is 12.8. The molecule has 28 heteroatoms. The Kier molecular flexibility index (Phi) is 12.2. The largest absolute Gasteiger partial charge is 0.279 e. The van der Waals surface area contributed by atoms with Gasteiger partial charge in [0.1, 0.15) is 188 Å². The molecule has 0 aliphatic heterocycles. The second-order valence-corrected chi connectivity index (χ2v) is 17.6. The summed E-state index contributed by atoms with van der Waals surface area (Å²) in [7, 11) is 159. The highest BCUT2D eigenvalue weighted by Gasteiger charge is 2.42.